The third-order valence-electron chi connectivity index (χ3n) is 5.30. The molecule has 4 aromatic rings. The molecular weight excluding hydrogens is 434 g/mol. The van der Waals surface area contributed by atoms with Crippen molar-refractivity contribution in [2.24, 2.45) is 0 Å². The van der Waals surface area contributed by atoms with Crippen molar-refractivity contribution in [1.29, 1.82) is 0 Å². The van der Waals surface area contributed by atoms with E-state index in [0.717, 1.165) is 22.6 Å². The van der Waals surface area contributed by atoms with Gasteiger partial charge in [0.1, 0.15) is 17.3 Å². The highest BCUT2D eigenvalue weighted by molar-refractivity contribution is 5.76. The molecule has 10 heteroatoms. The number of nitrogens with one attached hydrogen (secondary N) is 2. The van der Waals surface area contributed by atoms with Gasteiger partial charge in [-0.05, 0) is 53.9 Å². The highest BCUT2D eigenvalue weighted by atomic mass is 16.5. The molecule has 4 rings (SSSR count). The van der Waals surface area contributed by atoms with Gasteiger partial charge < -0.3 is 20.1 Å². The smallest absolute Gasteiger partial charge is 0.220 e. The summed E-state index contributed by atoms with van der Waals surface area (Å²) in [6.45, 7) is 1.09. The van der Waals surface area contributed by atoms with Gasteiger partial charge in [0.15, 0.2) is 11.5 Å². The highest BCUT2D eigenvalue weighted by Gasteiger charge is 2.11. The second-order valence-electron chi connectivity index (χ2n) is 7.60. The maximum atomic E-state index is 12.4. The first-order chi connectivity index (χ1) is 16.7. The van der Waals surface area contributed by atoms with Gasteiger partial charge in [-0.2, -0.15) is 4.52 Å². The number of hydrogen-bond donors (Lipinski definition) is 2. The Bertz CT molecular complexity index is 1240. The third kappa shape index (κ3) is 5.77. The minimum Gasteiger partial charge on any atom is -0.497 e. The van der Waals surface area contributed by atoms with Crippen molar-refractivity contribution in [3.05, 3.63) is 71.8 Å². The van der Waals surface area contributed by atoms with Crippen molar-refractivity contribution < 1.29 is 14.3 Å². The number of anilines is 1. The molecule has 0 bridgehead atoms. The van der Waals surface area contributed by atoms with Gasteiger partial charge in [-0.25, -0.2) is 0 Å². The van der Waals surface area contributed by atoms with E-state index >= 15 is 0 Å². The monoisotopic (exact) mass is 461 g/mol. The van der Waals surface area contributed by atoms with Crippen LogP contribution in [0.5, 0.6) is 11.5 Å². The molecule has 1 amide bonds. The Labute approximate surface area is 197 Å². The standard InChI is InChI=1S/C24H27N7O3/c1-33-19-5-6-20(34-2)18(14-19)11-13-26-24(32)10-9-23-29-28-22-8-7-21(30-31(22)23)27-16-17-4-3-12-25-15-17/h3-8,12,14-15H,9-11,13,16H2,1-2H3,(H,26,32)(H,27,30). The van der Waals surface area contributed by atoms with E-state index in [1.165, 1.54) is 0 Å². The first kappa shape index (κ1) is 23.0. The molecule has 0 aliphatic carbocycles. The van der Waals surface area contributed by atoms with Gasteiger partial charge in [-0.15, -0.1) is 15.3 Å². The molecule has 0 fully saturated rings. The number of nitrogens with zero attached hydrogens (tertiary/aromatic N) is 5. The lowest BCUT2D eigenvalue weighted by Crippen LogP contribution is -2.26. The number of carbonyl (C=O) groups is 1. The Morgan fingerprint density at radius 2 is 1.97 bits per heavy atom. The lowest BCUT2D eigenvalue weighted by Gasteiger charge is -2.11. The van der Waals surface area contributed by atoms with Gasteiger partial charge in [-0.3, -0.25) is 9.78 Å². The van der Waals surface area contributed by atoms with Crippen LogP contribution < -0.4 is 20.1 Å². The number of fused-ring (bicyclic) bond motifs is 1. The molecule has 3 heterocycles. The van der Waals surface area contributed by atoms with E-state index in [0.29, 0.717) is 43.2 Å². The van der Waals surface area contributed by atoms with Crippen LogP contribution in [-0.4, -0.2) is 51.5 Å². The summed E-state index contributed by atoms with van der Waals surface area (Å²) in [5, 5.41) is 19.1. The third-order valence-corrected chi connectivity index (χ3v) is 5.30. The predicted octanol–water partition coefficient (Wildman–Crippen LogP) is 2.44. The summed E-state index contributed by atoms with van der Waals surface area (Å²) in [6, 6.07) is 13.2. The molecule has 3 aromatic heterocycles. The first-order valence-corrected chi connectivity index (χ1v) is 11.0. The fraction of sp³-hybridized carbons (Fsp3) is 0.292. The largest absolute Gasteiger partial charge is 0.497 e. The molecule has 0 aliphatic rings. The maximum Gasteiger partial charge on any atom is 0.220 e. The number of methoxy groups -OCH3 is 2. The van der Waals surface area contributed by atoms with Crippen molar-refractivity contribution in [1.82, 2.24) is 30.1 Å². The number of rotatable bonds is 11. The topological polar surface area (TPSA) is 116 Å². The van der Waals surface area contributed by atoms with Crippen molar-refractivity contribution in [2.45, 2.75) is 25.8 Å². The predicted molar refractivity (Wildman–Crippen MR) is 127 cm³/mol. The van der Waals surface area contributed by atoms with Crippen molar-refractivity contribution in [2.75, 3.05) is 26.1 Å². The molecule has 1 aromatic carbocycles. The summed E-state index contributed by atoms with van der Waals surface area (Å²) >= 11 is 0. The normalized spacial score (nSPS) is 10.8. The van der Waals surface area contributed by atoms with Crippen LogP contribution in [0, 0.1) is 0 Å². The van der Waals surface area contributed by atoms with Crippen LogP contribution in [0.1, 0.15) is 23.4 Å². The van der Waals surface area contributed by atoms with E-state index in [1.807, 2.05) is 42.5 Å². The Morgan fingerprint density at radius 1 is 1.06 bits per heavy atom. The summed E-state index contributed by atoms with van der Waals surface area (Å²) < 4.78 is 12.3. The first-order valence-electron chi connectivity index (χ1n) is 11.0. The molecule has 0 saturated carbocycles. The lowest BCUT2D eigenvalue weighted by atomic mass is 10.1. The van der Waals surface area contributed by atoms with Gasteiger partial charge >= 0.3 is 0 Å². The molecule has 0 atom stereocenters. The number of aryl methyl sites for hydroxylation is 1. The molecule has 0 saturated heterocycles. The molecule has 2 N–H and O–H groups in total. The molecule has 0 aliphatic heterocycles. The van der Waals surface area contributed by atoms with E-state index < -0.39 is 0 Å². The Morgan fingerprint density at radius 3 is 2.76 bits per heavy atom. The quantitative estimate of drug-likeness (QED) is 0.350. The van der Waals surface area contributed by atoms with Gasteiger partial charge in [-0.1, -0.05) is 6.07 Å². The average Bonchev–Trinajstić information content (AvgIpc) is 3.29. The summed E-state index contributed by atoms with van der Waals surface area (Å²) in [5.41, 5.74) is 2.66. The van der Waals surface area contributed by atoms with Crippen LogP contribution in [-0.2, 0) is 24.2 Å². The zero-order valence-electron chi connectivity index (χ0n) is 19.2. The summed E-state index contributed by atoms with van der Waals surface area (Å²) in [4.78, 5) is 16.5. The van der Waals surface area contributed by atoms with Crippen LogP contribution in [0.25, 0.3) is 5.65 Å². The van der Waals surface area contributed by atoms with Crippen LogP contribution in [0.4, 0.5) is 5.82 Å². The van der Waals surface area contributed by atoms with E-state index in [1.54, 1.807) is 31.1 Å². The zero-order chi connectivity index (χ0) is 23.8. The van der Waals surface area contributed by atoms with E-state index in [-0.39, 0.29) is 12.3 Å². The van der Waals surface area contributed by atoms with Crippen molar-refractivity contribution >= 4 is 17.4 Å². The van der Waals surface area contributed by atoms with E-state index in [9.17, 15) is 4.79 Å². The van der Waals surface area contributed by atoms with Gasteiger partial charge in [0.25, 0.3) is 0 Å². The summed E-state index contributed by atoms with van der Waals surface area (Å²) in [7, 11) is 3.25. The molecule has 0 unspecified atom stereocenters. The fourth-order valence-corrected chi connectivity index (χ4v) is 3.51. The molecule has 0 radical (unpaired) electrons. The van der Waals surface area contributed by atoms with Crippen molar-refractivity contribution in [3.8, 4) is 11.5 Å². The van der Waals surface area contributed by atoms with Crippen molar-refractivity contribution in [3.63, 3.8) is 0 Å². The highest BCUT2D eigenvalue weighted by Crippen LogP contribution is 2.24. The minimum atomic E-state index is -0.0653. The number of aromatic nitrogens is 5. The SMILES string of the molecule is COc1ccc(OC)c(CCNC(=O)CCc2nnc3ccc(NCc4cccnc4)nn23)c1. The van der Waals surface area contributed by atoms with E-state index in [2.05, 4.69) is 30.9 Å². The number of amides is 1. The van der Waals surface area contributed by atoms with Crippen LogP contribution in [0.2, 0.25) is 0 Å². The number of benzene rings is 1. The van der Waals surface area contributed by atoms with Crippen LogP contribution in [0.15, 0.2) is 54.9 Å². The Hall–Kier alpha value is -4.21. The molecule has 10 nitrogen and oxygen atoms in total. The fourth-order valence-electron chi connectivity index (χ4n) is 3.51. The molecule has 176 valence electrons. The van der Waals surface area contributed by atoms with Gasteiger partial charge in [0.05, 0.1) is 14.2 Å². The minimum absolute atomic E-state index is 0.0653. The second kappa shape index (κ2) is 11.1. The second-order valence-corrected chi connectivity index (χ2v) is 7.60. The maximum absolute atomic E-state index is 12.4. The lowest BCUT2D eigenvalue weighted by molar-refractivity contribution is -0.121. The zero-order valence-corrected chi connectivity index (χ0v) is 19.2. The Balaban J connectivity index is 1.30. The Kier molecular flexibility index (Phi) is 7.49. The van der Waals surface area contributed by atoms with E-state index in [4.69, 9.17) is 9.47 Å². The average molecular weight is 462 g/mol. The number of ether oxygens (including phenoxy) is 2. The van der Waals surface area contributed by atoms with Crippen LogP contribution in [0.3, 0.4) is 0 Å². The number of carbonyl (C=O) groups excluding carboxylic acids is 1. The molecular formula is C24H27N7O3. The summed E-state index contributed by atoms with van der Waals surface area (Å²) in [5.74, 6) is 2.77. The number of hydrogen-bond acceptors (Lipinski definition) is 8. The van der Waals surface area contributed by atoms with Gasteiger partial charge in [0, 0.05) is 38.3 Å². The summed E-state index contributed by atoms with van der Waals surface area (Å²) in [6.07, 6.45) is 4.88. The molecule has 0 spiro atoms. The number of pyridine rings is 1. The molecule has 34 heavy (non-hydrogen) atoms. The van der Waals surface area contributed by atoms with Crippen LogP contribution >= 0.6 is 0 Å². The van der Waals surface area contributed by atoms with Gasteiger partial charge in [0.2, 0.25) is 5.91 Å².